The van der Waals surface area contributed by atoms with Crippen molar-refractivity contribution in [2.75, 3.05) is 6.61 Å². The van der Waals surface area contributed by atoms with Gasteiger partial charge in [-0.15, -0.1) is 0 Å². The van der Waals surface area contributed by atoms with E-state index in [-0.39, 0.29) is 0 Å². The van der Waals surface area contributed by atoms with Crippen molar-refractivity contribution in [1.29, 1.82) is 0 Å². The van der Waals surface area contributed by atoms with E-state index in [0.29, 0.717) is 13.0 Å². The molecule has 3 nitrogen and oxygen atoms in total. The van der Waals surface area contributed by atoms with Gasteiger partial charge in [0, 0.05) is 6.61 Å². The maximum atomic E-state index is 11.6. The van der Waals surface area contributed by atoms with Crippen LogP contribution in [0.1, 0.15) is 239 Å². The lowest BCUT2D eigenvalue weighted by Gasteiger charge is -2.13. The Kier molecular flexibility index (Phi) is 37.1. The number of hydrogen-bond donors (Lipinski definition) is 1. The second-order valence-electron chi connectivity index (χ2n) is 13.8. The molecule has 0 aliphatic heterocycles. The number of carboxylic acid groups (broad SMARTS) is 1. The first-order chi connectivity index (χ1) is 21.2. The number of aliphatic carboxylic acids is 1. The molecular formula is C40H80O3. The van der Waals surface area contributed by atoms with E-state index in [1.54, 1.807) is 0 Å². The van der Waals surface area contributed by atoms with E-state index in [1.807, 2.05) is 0 Å². The fourth-order valence-electron chi connectivity index (χ4n) is 6.39. The summed E-state index contributed by atoms with van der Waals surface area (Å²) in [5.41, 5.74) is 0. The maximum absolute atomic E-state index is 11.6. The minimum Gasteiger partial charge on any atom is -0.479 e. The van der Waals surface area contributed by atoms with E-state index in [0.717, 1.165) is 19.3 Å². The molecule has 0 aromatic rings. The van der Waals surface area contributed by atoms with Crippen LogP contribution in [0.15, 0.2) is 0 Å². The normalized spacial score (nSPS) is 12.2. The van der Waals surface area contributed by atoms with Gasteiger partial charge in [-0.3, -0.25) is 0 Å². The molecule has 258 valence electrons. The summed E-state index contributed by atoms with van der Waals surface area (Å²) >= 11 is 0. The lowest BCUT2D eigenvalue weighted by atomic mass is 10.0. The molecule has 3 heteroatoms. The Morgan fingerprint density at radius 2 is 0.628 bits per heavy atom. The molecular weight excluding hydrogens is 528 g/mol. The summed E-state index contributed by atoms with van der Waals surface area (Å²) in [6.45, 7) is 5.18. The van der Waals surface area contributed by atoms with E-state index in [4.69, 9.17) is 4.74 Å². The first kappa shape index (κ1) is 42.4. The van der Waals surface area contributed by atoms with E-state index in [1.165, 1.54) is 199 Å². The van der Waals surface area contributed by atoms with Crippen LogP contribution in [0, 0.1) is 0 Å². The zero-order valence-corrected chi connectivity index (χ0v) is 29.8. The number of carboxylic acids is 1. The number of hydrogen-bond acceptors (Lipinski definition) is 2. The predicted molar refractivity (Wildman–Crippen MR) is 190 cm³/mol. The minimum atomic E-state index is -0.775. The number of rotatable bonds is 38. The molecule has 0 fully saturated rings. The SMILES string of the molecule is CCCCCCCCCCCCCCCCCCCCCCOC(CCCCCCCCCCCCCCCC)C(=O)O. The Labute approximate surface area is 271 Å². The van der Waals surface area contributed by atoms with Gasteiger partial charge in [-0.25, -0.2) is 4.79 Å². The van der Waals surface area contributed by atoms with Crippen LogP contribution in [-0.2, 0) is 9.53 Å². The molecule has 0 saturated carbocycles. The quantitative estimate of drug-likeness (QED) is 0.0709. The highest BCUT2D eigenvalue weighted by Gasteiger charge is 2.17. The number of carbonyl (C=O) groups is 1. The summed E-state index contributed by atoms with van der Waals surface area (Å²) in [6, 6.07) is 0. The summed E-state index contributed by atoms with van der Waals surface area (Å²) in [4.78, 5) is 11.6. The summed E-state index contributed by atoms with van der Waals surface area (Å²) in [5.74, 6) is -0.775. The van der Waals surface area contributed by atoms with Crippen molar-refractivity contribution in [3.63, 3.8) is 0 Å². The second kappa shape index (κ2) is 37.6. The summed E-state index contributed by atoms with van der Waals surface area (Å²) in [6.07, 6.45) is 46.2. The topological polar surface area (TPSA) is 46.5 Å². The summed E-state index contributed by atoms with van der Waals surface area (Å²) in [7, 11) is 0. The zero-order chi connectivity index (χ0) is 31.3. The number of ether oxygens (including phenoxy) is 1. The van der Waals surface area contributed by atoms with E-state index in [9.17, 15) is 9.90 Å². The Morgan fingerprint density at radius 3 is 0.884 bits per heavy atom. The van der Waals surface area contributed by atoms with Crippen molar-refractivity contribution < 1.29 is 14.6 Å². The standard InChI is InChI=1S/C40H80O3/c1-3-5-7-9-11-13-15-17-19-20-21-22-23-24-26-28-30-32-34-36-38-43-39(40(41)42)37-35-33-31-29-27-25-18-16-14-12-10-8-6-4-2/h39H,3-38H2,1-2H3,(H,41,42). The molecule has 1 unspecified atom stereocenters. The highest BCUT2D eigenvalue weighted by molar-refractivity contribution is 5.72. The third kappa shape index (κ3) is 35.8. The fraction of sp³-hybridized carbons (Fsp3) is 0.975. The van der Waals surface area contributed by atoms with Crippen LogP contribution in [0.25, 0.3) is 0 Å². The Hall–Kier alpha value is -0.570. The van der Waals surface area contributed by atoms with Gasteiger partial charge in [0.15, 0.2) is 6.10 Å². The average molecular weight is 609 g/mol. The van der Waals surface area contributed by atoms with E-state index >= 15 is 0 Å². The van der Waals surface area contributed by atoms with Gasteiger partial charge in [0.25, 0.3) is 0 Å². The molecule has 0 bridgehead atoms. The van der Waals surface area contributed by atoms with Gasteiger partial charge < -0.3 is 9.84 Å². The van der Waals surface area contributed by atoms with Gasteiger partial charge in [-0.05, 0) is 12.8 Å². The molecule has 0 rings (SSSR count). The summed E-state index contributed by atoms with van der Waals surface area (Å²) in [5, 5.41) is 9.52. The van der Waals surface area contributed by atoms with E-state index < -0.39 is 12.1 Å². The summed E-state index contributed by atoms with van der Waals surface area (Å²) < 4.78 is 5.75. The fourth-order valence-corrected chi connectivity index (χ4v) is 6.39. The molecule has 43 heavy (non-hydrogen) atoms. The van der Waals surface area contributed by atoms with Crippen molar-refractivity contribution in [3.05, 3.63) is 0 Å². The van der Waals surface area contributed by atoms with Crippen LogP contribution in [0.3, 0.4) is 0 Å². The Morgan fingerprint density at radius 1 is 0.395 bits per heavy atom. The van der Waals surface area contributed by atoms with Gasteiger partial charge >= 0.3 is 5.97 Å². The van der Waals surface area contributed by atoms with Crippen molar-refractivity contribution >= 4 is 5.97 Å². The van der Waals surface area contributed by atoms with Crippen LogP contribution in [0.2, 0.25) is 0 Å². The van der Waals surface area contributed by atoms with Crippen LogP contribution in [0.4, 0.5) is 0 Å². The molecule has 0 saturated heterocycles. The van der Waals surface area contributed by atoms with Crippen LogP contribution < -0.4 is 0 Å². The van der Waals surface area contributed by atoms with Crippen LogP contribution in [0.5, 0.6) is 0 Å². The van der Waals surface area contributed by atoms with Gasteiger partial charge in [0.05, 0.1) is 0 Å². The first-order valence-electron chi connectivity index (χ1n) is 20.1. The highest BCUT2D eigenvalue weighted by atomic mass is 16.5. The number of unbranched alkanes of at least 4 members (excludes halogenated alkanes) is 32. The van der Waals surface area contributed by atoms with Crippen LogP contribution in [-0.4, -0.2) is 23.8 Å². The molecule has 0 aromatic heterocycles. The largest absolute Gasteiger partial charge is 0.479 e. The Balaban J connectivity index is 3.34. The molecule has 0 aliphatic carbocycles. The Bertz CT molecular complexity index is 520. The molecule has 0 radical (unpaired) electrons. The third-order valence-corrected chi connectivity index (χ3v) is 9.41. The zero-order valence-electron chi connectivity index (χ0n) is 29.8. The molecule has 0 heterocycles. The third-order valence-electron chi connectivity index (χ3n) is 9.41. The lowest BCUT2D eigenvalue weighted by Crippen LogP contribution is -2.24. The molecule has 1 N–H and O–H groups in total. The minimum absolute atomic E-state index is 0.599. The lowest BCUT2D eigenvalue weighted by molar-refractivity contribution is -0.151. The maximum Gasteiger partial charge on any atom is 0.332 e. The van der Waals surface area contributed by atoms with Gasteiger partial charge in [0.1, 0.15) is 0 Å². The average Bonchev–Trinajstić information content (AvgIpc) is 3.00. The van der Waals surface area contributed by atoms with Gasteiger partial charge in [0.2, 0.25) is 0 Å². The van der Waals surface area contributed by atoms with Gasteiger partial charge in [-0.1, -0.05) is 226 Å². The van der Waals surface area contributed by atoms with Crippen LogP contribution >= 0.6 is 0 Å². The smallest absolute Gasteiger partial charge is 0.332 e. The predicted octanol–water partition coefficient (Wildman–Crippen LogP) is 14.1. The first-order valence-corrected chi connectivity index (χ1v) is 20.1. The molecule has 0 amide bonds. The van der Waals surface area contributed by atoms with Gasteiger partial charge in [-0.2, -0.15) is 0 Å². The molecule has 0 spiro atoms. The van der Waals surface area contributed by atoms with E-state index in [2.05, 4.69) is 13.8 Å². The monoisotopic (exact) mass is 609 g/mol. The molecule has 0 aromatic carbocycles. The van der Waals surface area contributed by atoms with Crippen molar-refractivity contribution in [3.8, 4) is 0 Å². The molecule has 1 atom stereocenters. The van der Waals surface area contributed by atoms with Crippen molar-refractivity contribution in [2.24, 2.45) is 0 Å². The van der Waals surface area contributed by atoms with Crippen molar-refractivity contribution in [2.45, 2.75) is 245 Å². The highest BCUT2D eigenvalue weighted by Crippen LogP contribution is 2.17. The van der Waals surface area contributed by atoms with Crippen molar-refractivity contribution in [1.82, 2.24) is 0 Å². The molecule has 0 aliphatic rings. The second-order valence-corrected chi connectivity index (χ2v) is 13.8.